The van der Waals surface area contributed by atoms with Gasteiger partial charge in [-0.3, -0.25) is 0 Å². The van der Waals surface area contributed by atoms with Crippen molar-refractivity contribution in [2.24, 2.45) is 0 Å². The second-order valence-corrected chi connectivity index (χ2v) is 6.28. The van der Waals surface area contributed by atoms with Gasteiger partial charge in [0.05, 0.1) is 31.2 Å². The van der Waals surface area contributed by atoms with E-state index < -0.39 is 0 Å². The van der Waals surface area contributed by atoms with Crippen LogP contribution in [0.5, 0.6) is 5.75 Å². The number of hydrogen-bond donors (Lipinski definition) is 1. The van der Waals surface area contributed by atoms with Crippen LogP contribution in [0.4, 0.5) is 10.1 Å². The predicted molar refractivity (Wildman–Crippen MR) is 106 cm³/mol. The summed E-state index contributed by atoms with van der Waals surface area (Å²) in [6.07, 6.45) is 0. The van der Waals surface area contributed by atoms with E-state index in [4.69, 9.17) is 9.72 Å². The van der Waals surface area contributed by atoms with Crippen LogP contribution >= 0.6 is 0 Å². The molecule has 5 heteroatoms. The first-order chi connectivity index (χ1) is 13.2. The number of fused-ring (bicyclic) bond motifs is 1. The maximum absolute atomic E-state index is 14.2. The molecule has 0 spiro atoms. The molecule has 0 saturated heterocycles. The molecular weight excluding hydrogens is 341 g/mol. The molecule has 4 aromatic rings. The first-order valence-corrected chi connectivity index (χ1v) is 8.80. The summed E-state index contributed by atoms with van der Waals surface area (Å²) < 4.78 is 21.4. The highest BCUT2D eigenvalue weighted by atomic mass is 19.1. The van der Waals surface area contributed by atoms with Gasteiger partial charge in [-0.2, -0.15) is 0 Å². The average Bonchev–Trinajstić information content (AvgIpc) is 3.06. The van der Waals surface area contributed by atoms with E-state index in [0.29, 0.717) is 18.7 Å². The molecule has 1 heterocycles. The molecular formula is C22H20FN3O. The fourth-order valence-electron chi connectivity index (χ4n) is 3.12. The van der Waals surface area contributed by atoms with Crippen LogP contribution in [0.15, 0.2) is 72.8 Å². The maximum Gasteiger partial charge on any atom is 0.129 e. The normalized spacial score (nSPS) is 10.9. The standard InChI is InChI=1S/C22H20FN3O/c1-27-18-12-10-17(11-13-18)24-14-22-25-20-8-4-5-9-21(20)26(22)15-16-6-2-3-7-19(16)23/h2-13,24H,14-15H2,1H3. The molecule has 4 nitrogen and oxygen atoms in total. The Morgan fingerprint density at radius 1 is 0.963 bits per heavy atom. The average molecular weight is 361 g/mol. The van der Waals surface area contributed by atoms with Gasteiger partial charge in [0.1, 0.15) is 17.4 Å². The SMILES string of the molecule is COc1ccc(NCc2nc3ccccc3n2Cc2ccccc2F)cc1. The molecule has 0 atom stereocenters. The minimum atomic E-state index is -0.204. The molecule has 27 heavy (non-hydrogen) atoms. The van der Waals surface area contributed by atoms with E-state index in [-0.39, 0.29) is 5.82 Å². The Bertz CT molecular complexity index is 1060. The van der Waals surface area contributed by atoms with Crippen molar-refractivity contribution >= 4 is 16.7 Å². The van der Waals surface area contributed by atoms with Gasteiger partial charge < -0.3 is 14.6 Å². The number of halogens is 1. The van der Waals surface area contributed by atoms with Crippen molar-refractivity contribution in [3.8, 4) is 5.75 Å². The van der Waals surface area contributed by atoms with E-state index in [1.54, 1.807) is 13.2 Å². The number of benzene rings is 3. The van der Waals surface area contributed by atoms with Gasteiger partial charge >= 0.3 is 0 Å². The van der Waals surface area contributed by atoms with Gasteiger partial charge in [-0.05, 0) is 42.5 Å². The van der Waals surface area contributed by atoms with E-state index in [0.717, 1.165) is 28.3 Å². The summed E-state index contributed by atoms with van der Waals surface area (Å²) in [5.41, 5.74) is 3.51. The number of nitrogens with one attached hydrogen (secondary N) is 1. The summed E-state index contributed by atoms with van der Waals surface area (Å²) >= 11 is 0. The number of imidazole rings is 1. The molecule has 0 amide bonds. The molecule has 0 bridgehead atoms. The Balaban J connectivity index is 1.64. The number of nitrogens with zero attached hydrogens (tertiary/aromatic N) is 2. The van der Waals surface area contributed by atoms with E-state index in [9.17, 15) is 4.39 Å². The number of anilines is 1. The number of hydrogen-bond acceptors (Lipinski definition) is 3. The highest BCUT2D eigenvalue weighted by molar-refractivity contribution is 5.76. The second kappa shape index (κ2) is 7.50. The van der Waals surface area contributed by atoms with Crippen molar-refractivity contribution in [2.75, 3.05) is 12.4 Å². The zero-order valence-corrected chi connectivity index (χ0v) is 15.0. The number of ether oxygens (including phenoxy) is 1. The van der Waals surface area contributed by atoms with Gasteiger partial charge in [-0.25, -0.2) is 9.37 Å². The molecule has 1 aromatic heterocycles. The van der Waals surface area contributed by atoms with Crippen LogP contribution in [0.1, 0.15) is 11.4 Å². The quantitative estimate of drug-likeness (QED) is 0.534. The first kappa shape index (κ1) is 17.1. The molecule has 0 aliphatic carbocycles. The van der Waals surface area contributed by atoms with Gasteiger partial charge in [-0.1, -0.05) is 30.3 Å². The molecule has 0 saturated carbocycles. The van der Waals surface area contributed by atoms with Crippen LogP contribution in [0.3, 0.4) is 0 Å². The minimum Gasteiger partial charge on any atom is -0.497 e. The number of methoxy groups -OCH3 is 1. The largest absolute Gasteiger partial charge is 0.497 e. The molecule has 0 unspecified atom stereocenters. The van der Waals surface area contributed by atoms with Crippen molar-refractivity contribution in [3.05, 3.63) is 90.0 Å². The Hall–Kier alpha value is -3.34. The highest BCUT2D eigenvalue weighted by Gasteiger charge is 2.12. The Labute approximate surface area is 157 Å². The number of para-hydroxylation sites is 2. The van der Waals surface area contributed by atoms with Gasteiger partial charge in [-0.15, -0.1) is 0 Å². The fraction of sp³-hybridized carbons (Fsp3) is 0.136. The van der Waals surface area contributed by atoms with Crippen molar-refractivity contribution in [3.63, 3.8) is 0 Å². The smallest absolute Gasteiger partial charge is 0.129 e. The van der Waals surface area contributed by atoms with Gasteiger partial charge in [0.15, 0.2) is 0 Å². The van der Waals surface area contributed by atoms with E-state index in [2.05, 4.69) is 9.88 Å². The van der Waals surface area contributed by atoms with E-state index in [1.165, 1.54) is 6.07 Å². The van der Waals surface area contributed by atoms with Crippen LogP contribution in [-0.4, -0.2) is 16.7 Å². The summed E-state index contributed by atoms with van der Waals surface area (Å²) in [7, 11) is 1.65. The number of rotatable bonds is 6. The van der Waals surface area contributed by atoms with Crippen molar-refractivity contribution in [2.45, 2.75) is 13.1 Å². The molecule has 1 N–H and O–H groups in total. The van der Waals surface area contributed by atoms with Gasteiger partial charge in [0.2, 0.25) is 0 Å². The lowest BCUT2D eigenvalue weighted by atomic mass is 10.2. The van der Waals surface area contributed by atoms with Crippen molar-refractivity contribution in [1.82, 2.24) is 9.55 Å². The third-order valence-electron chi connectivity index (χ3n) is 4.56. The molecule has 4 rings (SSSR count). The number of aromatic nitrogens is 2. The fourth-order valence-corrected chi connectivity index (χ4v) is 3.12. The third kappa shape index (κ3) is 3.62. The lowest BCUT2D eigenvalue weighted by molar-refractivity contribution is 0.415. The summed E-state index contributed by atoms with van der Waals surface area (Å²) in [6.45, 7) is 0.974. The van der Waals surface area contributed by atoms with Crippen LogP contribution in [0, 0.1) is 5.82 Å². The molecule has 136 valence electrons. The Morgan fingerprint density at radius 3 is 2.48 bits per heavy atom. The van der Waals surface area contributed by atoms with E-state index >= 15 is 0 Å². The molecule has 0 radical (unpaired) electrons. The maximum atomic E-state index is 14.2. The molecule has 0 aliphatic heterocycles. The summed E-state index contributed by atoms with van der Waals surface area (Å²) in [5, 5.41) is 3.38. The third-order valence-corrected chi connectivity index (χ3v) is 4.56. The van der Waals surface area contributed by atoms with E-state index in [1.807, 2.05) is 60.7 Å². The van der Waals surface area contributed by atoms with Gasteiger partial charge in [0.25, 0.3) is 0 Å². The predicted octanol–water partition coefficient (Wildman–Crippen LogP) is 4.84. The summed E-state index contributed by atoms with van der Waals surface area (Å²) in [6, 6.07) is 22.5. The highest BCUT2D eigenvalue weighted by Crippen LogP contribution is 2.21. The van der Waals surface area contributed by atoms with Crippen LogP contribution in [0.2, 0.25) is 0 Å². The van der Waals surface area contributed by atoms with Gasteiger partial charge in [0, 0.05) is 11.3 Å². The molecule has 3 aromatic carbocycles. The van der Waals surface area contributed by atoms with Crippen molar-refractivity contribution < 1.29 is 9.13 Å². The Morgan fingerprint density at radius 2 is 1.70 bits per heavy atom. The minimum absolute atomic E-state index is 0.204. The molecule has 0 fully saturated rings. The second-order valence-electron chi connectivity index (χ2n) is 6.28. The van der Waals surface area contributed by atoms with Crippen molar-refractivity contribution in [1.29, 1.82) is 0 Å². The topological polar surface area (TPSA) is 39.1 Å². The monoisotopic (exact) mass is 361 g/mol. The zero-order chi connectivity index (χ0) is 18.6. The Kier molecular flexibility index (Phi) is 4.75. The first-order valence-electron chi connectivity index (χ1n) is 8.80. The summed E-state index contributed by atoms with van der Waals surface area (Å²) in [5.74, 6) is 1.46. The zero-order valence-electron chi connectivity index (χ0n) is 15.0. The molecule has 0 aliphatic rings. The van der Waals surface area contributed by atoms with Crippen LogP contribution in [-0.2, 0) is 13.1 Å². The van der Waals surface area contributed by atoms with Crippen LogP contribution in [0.25, 0.3) is 11.0 Å². The van der Waals surface area contributed by atoms with Crippen LogP contribution < -0.4 is 10.1 Å². The lowest BCUT2D eigenvalue weighted by Gasteiger charge is -2.12. The lowest BCUT2D eigenvalue weighted by Crippen LogP contribution is -2.10. The summed E-state index contributed by atoms with van der Waals surface area (Å²) in [4.78, 5) is 4.74.